The predicted octanol–water partition coefficient (Wildman–Crippen LogP) is 1.14. The molecule has 2 heterocycles. The maximum absolute atomic E-state index is 5.83. The van der Waals surface area contributed by atoms with Gasteiger partial charge in [0, 0.05) is 39.1 Å². The molecule has 0 aliphatic carbocycles. The smallest absolute Gasteiger partial charge is 0.118 e. The lowest BCUT2D eigenvalue weighted by molar-refractivity contribution is 0.0949. The van der Waals surface area contributed by atoms with Crippen molar-refractivity contribution in [1.29, 1.82) is 0 Å². The van der Waals surface area contributed by atoms with Crippen molar-refractivity contribution in [2.75, 3.05) is 32.7 Å². The lowest BCUT2D eigenvalue weighted by atomic mass is 10.1. The molecule has 0 amide bonds. The highest BCUT2D eigenvalue weighted by Crippen LogP contribution is 2.25. The second-order valence-corrected chi connectivity index (χ2v) is 4.34. The zero-order chi connectivity index (χ0) is 10.7. The Bertz CT molecular complexity index is 267. The zero-order valence-corrected chi connectivity index (χ0v) is 9.46. The van der Waals surface area contributed by atoms with Crippen molar-refractivity contribution in [3.05, 3.63) is 24.0 Å². The Hall–Kier alpha value is -0.800. The van der Waals surface area contributed by atoms with Gasteiger partial charge in [0.2, 0.25) is 0 Å². The molecule has 0 saturated carbocycles. The molecule has 2 aliphatic heterocycles. The van der Waals surface area contributed by atoms with E-state index in [0.29, 0.717) is 6.10 Å². The number of nitrogens with one attached hydrogen (secondary N) is 1. The number of nitrogens with zero attached hydrogens (tertiary/aromatic N) is 1. The number of rotatable bonds is 3. The molecule has 0 bridgehead atoms. The summed E-state index contributed by atoms with van der Waals surface area (Å²) in [4.78, 5) is 2.47. The fourth-order valence-electron chi connectivity index (χ4n) is 2.27. The van der Waals surface area contributed by atoms with Gasteiger partial charge in [0.25, 0.3) is 0 Å². The van der Waals surface area contributed by atoms with Crippen molar-refractivity contribution < 1.29 is 4.74 Å². The summed E-state index contributed by atoms with van der Waals surface area (Å²) in [7, 11) is 0. The fourth-order valence-corrected chi connectivity index (χ4v) is 2.27. The van der Waals surface area contributed by atoms with Gasteiger partial charge in [-0.1, -0.05) is 6.58 Å². The molecule has 0 aromatic rings. The van der Waals surface area contributed by atoms with Crippen LogP contribution in [0.3, 0.4) is 0 Å². The van der Waals surface area contributed by atoms with Crippen LogP contribution in [0.25, 0.3) is 0 Å². The molecule has 15 heavy (non-hydrogen) atoms. The molecule has 0 aromatic heterocycles. The van der Waals surface area contributed by atoms with Gasteiger partial charge < -0.3 is 10.1 Å². The van der Waals surface area contributed by atoms with E-state index in [-0.39, 0.29) is 0 Å². The Morgan fingerprint density at radius 2 is 2.27 bits per heavy atom. The third kappa shape index (κ3) is 2.61. The maximum atomic E-state index is 5.83. The van der Waals surface area contributed by atoms with Crippen LogP contribution in [0.2, 0.25) is 0 Å². The molecule has 1 fully saturated rings. The van der Waals surface area contributed by atoms with E-state index in [0.717, 1.165) is 44.9 Å². The molecule has 3 nitrogen and oxygen atoms in total. The number of ether oxygens (including phenoxy) is 1. The van der Waals surface area contributed by atoms with E-state index in [1.54, 1.807) is 0 Å². The Morgan fingerprint density at radius 1 is 1.53 bits per heavy atom. The molecule has 1 saturated heterocycles. The number of allylic oxidation sites excluding steroid dienone is 1. The quantitative estimate of drug-likeness (QED) is 0.752. The van der Waals surface area contributed by atoms with Crippen LogP contribution in [0.15, 0.2) is 24.0 Å². The van der Waals surface area contributed by atoms with E-state index >= 15 is 0 Å². The summed E-state index contributed by atoms with van der Waals surface area (Å²) in [5.41, 5.74) is 1.34. The van der Waals surface area contributed by atoms with E-state index in [2.05, 4.69) is 23.7 Å². The summed E-state index contributed by atoms with van der Waals surface area (Å²) in [5.74, 6) is 0.995. The first-order valence-corrected chi connectivity index (χ1v) is 5.71. The summed E-state index contributed by atoms with van der Waals surface area (Å²) in [6.07, 6.45) is 3.23. The minimum absolute atomic E-state index is 0.344. The van der Waals surface area contributed by atoms with E-state index < -0.39 is 0 Å². The predicted molar refractivity (Wildman–Crippen MR) is 61.7 cm³/mol. The van der Waals surface area contributed by atoms with Crippen LogP contribution >= 0.6 is 0 Å². The third-order valence-electron chi connectivity index (χ3n) is 3.10. The maximum Gasteiger partial charge on any atom is 0.118 e. The highest BCUT2D eigenvalue weighted by Gasteiger charge is 2.24. The average molecular weight is 208 g/mol. The molecular weight excluding hydrogens is 188 g/mol. The zero-order valence-electron chi connectivity index (χ0n) is 9.46. The van der Waals surface area contributed by atoms with Gasteiger partial charge in [0.1, 0.15) is 11.9 Å². The van der Waals surface area contributed by atoms with Crippen LogP contribution in [0.1, 0.15) is 13.3 Å². The van der Waals surface area contributed by atoms with Gasteiger partial charge in [-0.3, -0.25) is 4.90 Å². The first kappa shape index (κ1) is 10.7. The van der Waals surface area contributed by atoms with Gasteiger partial charge in [0.05, 0.1) is 0 Å². The molecule has 1 unspecified atom stereocenters. The first-order chi connectivity index (χ1) is 7.29. The van der Waals surface area contributed by atoms with Gasteiger partial charge in [-0.15, -0.1) is 0 Å². The Kier molecular flexibility index (Phi) is 3.44. The van der Waals surface area contributed by atoms with Crippen molar-refractivity contribution in [2.45, 2.75) is 19.4 Å². The Labute approximate surface area is 91.8 Å². The molecule has 0 aromatic carbocycles. The van der Waals surface area contributed by atoms with E-state index in [4.69, 9.17) is 4.74 Å². The molecule has 84 valence electrons. The summed E-state index contributed by atoms with van der Waals surface area (Å²) in [6.45, 7) is 11.4. The number of hydrogen-bond acceptors (Lipinski definition) is 3. The van der Waals surface area contributed by atoms with Crippen molar-refractivity contribution in [3.63, 3.8) is 0 Å². The lowest BCUT2D eigenvalue weighted by Crippen LogP contribution is -2.46. The van der Waals surface area contributed by atoms with Gasteiger partial charge >= 0.3 is 0 Å². The van der Waals surface area contributed by atoms with Gasteiger partial charge in [-0.2, -0.15) is 0 Å². The summed E-state index contributed by atoms with van der Waals surface area (Å²) >= 11 is 0. The van der Waals surface area contributed by atoms with Gasteiger partial charge in [0.15, 0.2) is 0 Å². The van der Waals surface area contributed by atoms with Gasteiger partial charge in [-0.25, -0.2) is 0 Å². The normalized spacial score (nSPS) is 27.9. The second-order valence-electron chi connectivity index (χ2n) is 4.34. The highest BCUT2D eigenvalue weighted by atomic mass is 16.5. The molecule has 2 aliphatic rings. The molecular formula is C12H20N2O. The standard InChI is InChI=1S/C12H20N2O/c1-3-12-10(2)8-11(15-12)9-14-6-4-13-5-7-14/h3,11,13H,1,4-9H2,2H3. The molecule has 1 N–H and O–H groups in total. The van der Waals surface area contributed by atoms with Crippen LogP contribution in [-0.4, -0.2) is 43.7 Å². The highest BCUT2D eigenvalue weighted by molar-refractivity contribution is 5.21. The lowest BCUT2D eigenvalue weighted by Gasteiger charge is -2.29. The summed E-state index contributed by atoms with van der Waals surface area (Å²) in [6, 6.07) is 0. The van der Waals surface area contributed by atoms with Crippen molar-refractivity contribution in [1.82, 2.24) is 10.2 Å². The average Bonchev–Trinajstić information content (AvgIpc) is 2.60. The van der Waals surface area contributed by atoms with Crippen molar-refractivity contribution >= 4 is 0 Å². The monoisotopic (exact) mass is 208 g/mol. The van der Waals surface area contributed by atoms with Crippen molar-refractivity contribution in [2.24, 2.45) is 0 Å². The van der Waals surface area contributed by atoms with Crippen LogP contribution in [0.4, 0.5) is 0 Å². The minimum Gasteiger partial charge on any atom is -0.489 e. The van der Waals surface area contributed by atoms with E-state index in [9.17, 15) is 0 Å². The van der Waals surface area contributed by atoms with Crippen LogP contribution in [-0.2, 0) is 4.74 Å². The van der Waals surface area contributed by atoms with Crippen molar-refractivity contribution in [3.8, 4) is 0 Å². The largest absolute Gasteiger partial charge is 0.489 e. The first-order valence-electron chi connectivity index (χ1n) is 5.71. The Balaban J connectivity index is 1.80. The van der Waals surface area contributed by atoms with E-state index in [1.807, 2.05) is 6.08 Å². The molecule has 0 radical (unpaired) electrons. The van der Waals surface area contributed by atoms with Crippen LogP contribution in [0.5, 0.6) is 0 Å². The SMILES string of the molecule is C=CC1=C(C)CC(CN2CCNCC2)O1. The fraction of sp³-hybridized carbons (Fsp3) is 0.667. The molecule has 0 spiro atoms. The van der Waals surface area contributed by atoms with Crippen LogP contribution < -0.4 is 5.32 Å². The summed E-state index contributed by atoms with van der Waals surface area (Å²) in [5, 5.41) is 3.36. The number of hydrogen-bond donors (Lipinski definition) is 1. The summed E-state index contributed by atoms with van der Waals surface area (Å²) < 4.78 is 5.83. The number of piperazine rings is 1. The minimum atomic E-state index is 0.344. The molecule has 1 atom stereocenters. The topological polar surface area (TPSA) is 24.5 Å². The molecule has 3 heteroatoms. The Morgan fingerprint density at radius 3 is 2.87 bits per heavy atom. The van der Waals surface area contributed by atoms with Gasteiger partial charge in [-0.05, 0) is 18.6 Å². The van der Waals surface area contributed by atoms with Crippen LogP contribution in [0, 0.1) is 0 Å². The van der Waals surface area contributed by atoms with E-state index in [1.165, 1.54) is 5.57 Å². The molecule has 2 rings (SSSR count). The third-order valence-corrected chi connectivity index (χ3v) is 3.10. The second kappa shape index (κ2) is 4.81.